The first kappa shape index (κ1) is 12.7. The number of amides is 1. The Bertz CT molecular complexity index is 298. The van der Waals surface area contributed by atoms with Crippen LogP contribution in [0.1, 0.15) is 40.0 Å². The molecular formula is C13H23NO3. The van der Waals surface area contributed by atoms with Gasteiger partial charge in [0.25, 0.3) is 0 Å². The van der Waals surface area contributed by atoms with Gasteiger partial charge in [-0.3, -0.25) is 0 Å². The molecule has 4 heteroatoms. The van der Waals surface area contributed by atoms with Crippen molar-refractivity contribution in [2.24, 2.45) is 11.8 Å². The molecule has 2 rings (SSSR count). The minimum Gasteiger partial charge on any atom is -0.444 e. The van der Waals surface area contributed by atoms with E-state index in [1.54, 1.807) is 4.90 Å². The van der Waals surface area contributed by atoms with E-state index in [0.29, 0.717) is 11.8 Å². The molecule has 98 valence electrons. The molecule has 1 saturated heterocycles. The van der Waals surface area contributed by atoms with Crippen molar-refractivity contribution in [2.45, 2.75) is 51.7 Å². The van der Waals surface area contributed by atoms with E-state index in [0.717, 1.165) is 32.4 Å². The van der Waals surface area contributed by atoms with Crippen LogP contribution in [0.2, 0.25) is 0 Å². The van der Waals surface area contributed by atoms with Gasteiger partial charge in [0.15, 0.2) is 0 Å². The largest absolute Gasteiger partial charge is 0.444 e. The predicted molar refractivity (Wildman–Crippen MR) is 64.6 cm³/mol. The Morgan fingerprint density at radius 1 is 1.24 bits per heavy atom. The number of rotatable bonds is 0. The maximum atomic E-state index is 11.9. The summed E-state index contributed by atoms with van der Waals surface area (Å²) in [5.41, 5.74) is -0.426. The molecule has 1 amide bonds. The number of hydrogen-bond donors (Lipinski definition) is 1. The number of ether oxygens (including phenoxy) is 1. The van der Waals surface area contributed by atoms with Crippen molar-refractivity contribution < 1.29 is 14.6 Å². The van der Waals surface area contributed by atoms with Crippen LogP contribution in [0.15, 0.2) is 0 Å². The summed E-state index contributed by atoms with van der Waals surface area (Å²) in [5, 5.41) is 9.63. The van der Waals surface area contributed by atoms with Crippen LogP contribution < -0.4 is 0 Å². The maximum Gasteiger partial charge on any atom is 0.410 e. The van der Waals surface area contributed by atoms with Crippen molar-refractivity contribution in [3.8, 4) is 0 Å². The molecule has 1 N–H and O–H groups in total. The van der Waals surface area contributed by atoms with Gasteiger partial charge in [-0.2, -0.15) is 0 Å². The van der Waals surface area contributed by atoms with E-state index in [-0.39, 0.29) is 12.2 Å². The summed E-state index contributed by atoms with van der Waals surface area (Å²) in [6.45, 7) is 7.20. The van der Waals surface area contributed by atoms with Crippen LogP contribution in [0, 0.1) is 11.8 Å². The molecule has 0 bridgehead atoms. The highest BCUT2D eigenvalue weighted by Gasteiger charge is 2.40. The first-order valence-electron chi connectivity index (χ1n) is 6.51. The van der Waals surface area contributed by atoms with E-state index in [1.165, 1.54) is 0 Å². The fourth-order valence-electron chi connectivity index (χ4n) is 2.88. The average Bonchev–Trinajstić information content (AvgIpc) is 2.57. The summed E-state index contributed by atoms with van der Waals surface area (Å²) in [4.78, 5) is 13.7. The normalized spacial score (nSPS) is 33.4. The molecule has 2 aliphatic rings. The standard InChI is InChI=1S/C13H23NO3/c1-13(2,3)17-12(16)14-7-9-4-5-11(15)6-10(9)8-14/h9-11,15H,4-8H2,1-3H3/t9-,10-,11?/m1/s1. The van der Waals surface area contributed by atoms with Crippen molar-refractivity contribution in [2.75, 3.05) is 13.1 Å². The van der Waals surface area contributed by atoms with E-state index in [9.17, 15) is 9.90 Å². The first-order valence-corrected chi connectivity index (χ1v) is 6.51. The lowest BCUT2D eigenvalue weighted by Crippen LogP contribution is -2.35. The number of carbonyl (C=O) groups is 1. The minimum atomic E-state index is -0.426. The van der Waals surface area contributed by atoms with Crippen LogP contribution in [-0.2, 0) is 4.74 Å². The van der Waals surface area contributed by atoms with Gasteiger partial charge < -0.3 is 14.7 Å². The van der Waals surface area contributed by atoms with Gasteiger partial charge >= 0.3 is 6.09 Å². The SMILES string of the molecule is CC(C)(C)OC(=O)N1C[C@H]2CCC(O)C[C@@H]2C1. The predicted octanol–water partition coefficient (Wildman–Crippen LogP) is 2.01. The van der Waals surface area contributed by atoms with Crippen molar-refractivity contribution in [3.05, 3.63) is 0 Å². The fourth-order valence-corrected chi connectivity index (χ4v) is 2.88. The third-order valence-corrected chi connectivity index (χ3v) is 3.67. The number of aliphatic hydroxyl groups excluding tert-OH is 1. The molecule has 1 heterocycles. The van der Waals surface area contributed by atoms with Gasteiger partial charge in [-0.1, -0.05) is 0 Å². The van der Waals surface area contributed by atoms with Crippen molar-refractivity contribution in [1.82, 2.24) is 4.90 Å². The van der Waals surface area contributed by atoms with E-state index < -0.39 is 5.60 Å². The van der Waals surface area contributed by atoms with Gasteiger partial charge in [0.1, 0.15) is 5.60 Å². The average molecular weight is 241 g/mol. The molecule has 1 unspecified atom stereocenters. The Morgan fingerprint density at radius 3 is 2.53 bits per heavy atom. The summed E-state index contributed by atoms with van der Waals surface area (Å²) in [6, 6.07) is 0. The van der Waals surface area contributed by atoms with Crippen LogP contribution in [0.4, 0.5) is 4.79 Å². The Hall–Kier alpha value is -0.770. The molecule has 1 aliphatic carbocycles. The van der Waals surface area contributed by atoms with Crippen molar-refractivity contribution in [1.29, 1.82) is 0 Å². The molecule has 17 heavy (non-hydrogen) atoms. The van der Waals surface area contributed by atoms with E-state index in [1.807, 2.05) is 20.8 Å². The van der Waals surface area contributed by atoms with Gasteiger partial charge in [0.05, 0.1) is 6.10 Å². The first-order chi connectivity index (χ1) is 7.85. The van der Waals surface area contributed by atoms with Gasteiger partial charge in [0.2, 0.25) is 0 Å². The minimum absolute atomic E-state index is 0.171. The number of hydrogen-bond acceptors (Lipinski definition) is 3. The quantitative estimate of drug-likeness (QED) is 0.706. The highest BCUT2D eigenvalue weighted by atomic mass is 16.6. The van der Waals surface area contributed by atoms with E-state index in [4.69, 9.17) is 4.74 Å². The number of aliphatic hydroxyl groups is 1. The summed E-state index contributed by atoms with van der Waals surface area (Å²) in [6.07, 6.45) is 2.37. The smallest absolute Gasteiger partial charge is 0.410 e. The molecule has 1 saturated carbocycles. The molecule has 0 spiro atoms. The Balaban J connectivity index is 1.91. The summed E-state index contributed by atoms with van der Waals surface area (Å²) in [7, 11) is 0. The van der Waals surface area contributed by atoms with Crippen LogP contribution >= 0.6 is 0 Å². The Labute approximate surface area is 103 Å². The number of nitrogens with zero attached hydrogens (tertiary/aromatic N) is 1. The molecule has 0 aromatic rings. The molecule has 1 aliphatic heterocycles. The second-order valence-electron chi connectivity index (χ2n) is 6.37. The summed E-state index contributed by atoms with van der Waals surface area (Å²) >= 11 is 0. The lowest BCUT2D eigenvalue weighted by atomic mass is 9.80. The molecule has 0 aromatic heterocycles. The number of likely N-dealkylation sites (tertiary alicyclic amines) is 1. The monoisotopic (exact) mass is 241 g/mol. The van der Waals surface area contributed by atoms with Gasteiger partial charge in [-0.25, -0.2) is 4.79 Å². The highest BCUT2D eigenvalue weighted by Crippen LogP contribution is 2.36. The third-order valence-electron chi connectivity index (χ3n) is 3.67. The maximum absolute atomic E-state index is 11.9. The third kappa shape index (κ3) is 3.12. The lowest BCUT2D eigenvalue weighted by molar-refractivity contribution is 0.0282. The molecule has 0 radical (unpaired) electrons. The second-order valence-corrected chi connectivity index (χ2v) is 6.37. The van der Waals surface area contributed by atoms with Crippen LogP contribution in [0.25, 0.3) is 0 Å². The molecule has 2 fully saturated rings. The van der Waals surface area contributed by atoms with E-state index >= 15 is 0 Å². The topological polar surface area (TPSA) is 49.8 Å². The van der Waals surface area contributed by atoms with Crippen LogP contribution in [-0.4, -0.2) is 40.9 Å². The Kier molecular flexibility index (Phi) is 3.34. The lowest BCUT2D eigenvalue weighted by Gasteiger charge is -2.27. The number of carbonyl (C=O) groups excluding carboxylic acids is 1. The van der Waals surface area contributed by atoms with Crippen LogP contribution in [0.3, 0.4) is 0 Å². The van der Waals surface area contributed by atoms with Crippen molar-refractivity contribution in [3.63, 3.8) is 0 Å². The van der Waals surface area contributed by atoms with Gasteiger partial charge in [-0.15, -0.1) is 0 Å². The molecule has 3 atom stereocenters. The molecule has 4 nitrogen and oxygen atoms in total. The van der Waals surface area contributed by atoms with Crippen LogP contribution in [0.5, 0.6) is 0 Å². The Morgan fingerprint density at radius 2 is 1.88 bits per heavy atom. The van der Waals surface area contributed by atoms with Gasteiger partial charge in [0, 0.05) is 13.1 Å². The fraction of sp³-hybridized carbons (Fsp3) is 0.923. The molecule has 0 aromatic carbocycles. The number of fused-ring (bicyclic) bond motifs is 1. The zero-order valence-electron chi connectivity index (χ0n) is 11.0. The zero-order valence-corrected chi connectivity index (χ0v) is 11.0. The van der Waals surface area contributed by atoms with Gasteiger partial charge in [-0.05, 0) is 51.9 Å². The molecular weight excluding hydrogens is 218 g/mol. The van der Waals surface area contributed by atoms with Crippen molar-refractivity contribution >= 4 is 6.09 Å². The second kappa shape index (κ2) is 4.48. The van der Waals surface area contributed by atoms with E-state index in [2.05, 4.69) is 0 Å². The summed E-state index contributed by atoms with van der Waals surface area (Å²) in [5.74, 6) is 1.03. The summed E-state index contributed by atoms with van der Waals surface area (Å²) < 4.78 is 5.38. The highest BCUT2D eigenvalue weighted by molar-refractivity contribution is 5.68. The zero-order chi connectivity index (χ0) is 12.6.